The van der Waals surface area contributed by atoms with Crippen LogP contribution in [0.25, 0.3) is 0 Å². The van der Waals surface area contributed by atoms with E-state index >= 15 is 0 Å². The lowest BCUT2D eigenvalue weighted by atomic mass is 9.92. The number of halogens is 6. The zero-order chi connectivity index (χ0) is 57.1. The van der Waals surface area contributed by atoms with Crippen molar-refractivity contribution in [2.24, 2.45) is 0 Å². The Balaban J connectivity index is 1.33. The SMILES string of the molecule is C#C[C@H](/C=C/CCCCC/C=C\CCCCCCCCCC/C=C\CCCCCCCCCC/C=C\CCCCC/C=C/[C@@H](C#C)OC(=O)[C@@](OC)(c1ccccc1)C(F)(F)F)OC(=O)[C@@](OC)(c1ccccc1)C(F)(F)F. The summed E-state index contributed by atoms with van der Waals surface area (Å²) in [5, 5.41) is 0. The van der Waals surface area contributed by atoms with Crippen molar-refractivity contribution in [1.82, 2.24) is 0 Å². The van der Waals surface area contributed by atoms with Gasteiger partial charge in [-0.15, -0.1) is 12.8 Å². The van der Waals surface area contributed by atoms with Gasteiger partial charge in [0, 0.05) is 25.3 Å². The Labute approximate surface area is 465 Å². The highest BCUT2D eigenvalue weighted by atomic mass is 19.4. The lowest BCUT2D eigenvalue weighted by molar-refractivity contribution is -0.277. The van der Waals surface area contributed by atoms with E-state index in [0.717, 1.165) is 78.4 Å². The summed E-state index contributed by atoms with van der Waals surface area (Å²) in [4.78, 5) is 25.7. The van der Waals surface area contributed by atoms with Gasteiger partial charge in [-0.3, -0.25) is 0 Å². The largest absolute Gasteiger partial charge is 0.442 e. The molecular formula is C66H90F6O6. The van der Waals surface area contributed by atoms with Crippen LogP contribution in [0.2, 0.25) is 0 Å². The minimum absolute atomic E-state index is 0.380. The molecule has 0 radical (unpaired) electrons. The van der Waals surface area contributed by atoms with Gasteiger partial charge in [0.15, 0.2) is 12.2 Å². The Hall–Kier alpha value is -5.30. The van der Waals surface area contributed by atoms with E-state index in [0.29, 0.717) is 12.8 Å². The molecule has 0 unspecified atom stereocenters. The van der Waals surface area contributed by atoms with E-state index < -0.39 is 47.7 Å². The number of terminal acetylenes is 2. The van der Waals surface area contributed by atoms with E-state index in [-0.39, 0.29) is 11.1 Å². The first-order valence-electron chi connectivity index (χ1n) is 28.7. The maximum atomic E-state index is 14.1. The number of alkyl halides is 6. The van der Waals surface area contributed by atoms with Crippen molar-refractivity contribution in [3.8, 4) is 24.7 Å². The molecule has 0 amide bonds. The molecule has 2 rings (SSSR count). The Morgan fingerprint density at radius 1 is 0.397 bits per heavy atom. The zero-order valence-corrected chi connectivity index (χ0v) is 46.8. The number of carbonyl (C=O) groups is 2. The predicted molar refractivity (Wildman–Crippen MR) is 304 cm³/mol. The average molecular weight is 1090 g/mol. The molecule has 0 bridgehead atoms. The molecule has 0 N–H and O–H groups in total. The molecule has 0 aliphatic rings. The molecule has 0 aliphatic carbocycles. The van der Waals surface area contributed by atoms with Crippen molar-refractivity contribution in [3.05, 3.63) is 133 Å². The fourth-order valence-corrected chi connectivity index (χ4v) is 9.15. The second kappa shape index (κ2) is 41.7. The van der Waals surface area contributed by atoms with Crippen LogP contribution >= 0.6 is 0 Å². The maximum absolute atomic E-state index is 14.1. The number of carbonyl (C=O) groups excluding carboxylic acids is 2. The molecule has 6 nitrogen and oxygen atoms in total. The van der Waals surface area contributed by atoms with Gasteiger partial charge in [-0.2, -0.15) is 26.3 Å². The summed E-state index contributed by atoms with van der Waals surface area (Å²) in [5.41, 5.74) is -7.31. The van der Waals surface area contributed by atoms with Crippen LogP contribution in [0.4, 0.5) is 26.3 Å². The van der Waals surface area contributed by atoms with Gasteiger partial charge in [-0.1, -0.05) is 211 Å². The first kappa shape index (κ1) is 68.8. The van der Waals surface area contributed by atoms with Crippen molar-refractivity contribution < 1.29 is 54.9 Å². The molecule has 432 valence electrons. The molecule has 12 heteroatoms. The molecule has 2 aromatic carbocycles. The number of unbranched alkanes of at least 4 members (excludes halogenated alkanes) is 26. The summed E-state index contributed by atoms with van der Waals surface area (Å²) in [6.07, 6.45) is 53.2. The number of esters is 2. The number of methoxy groups -OCH3 is 2. The Bertz CT molecular complexity index is 1960. The number of ether oxygens (including phenoxy) is 4. The molecule has 0 aliphatic heterocycles. The number of benzene rings is 2. The molecule has 0 heterocycles. The van der Waals surface area contributed by atoms with Crippen molar-refractivity contribution in [2.75, 3.05) is 14.2 Å². The fraction of sp³-hybridized carbons (Fsp3) is 0.576. The first-order chi connectivity index (χ1) is 37.7. The summed E-state index contributed by atoms with van der Waals surface area (Å²) in [6, 6.07) is 13.3. The third kappa shape index (κ3) is 26.6. The van der Waals surface area contributed by atoms with Crippen LogP contribution in [-0.2, 0) is 39.7 Å². The summed E-state index contributed by atoms with van der Waals surface area (Å²) >= 11 is 0. The Kier molecular flexibility index (Phi) is 36.8. The zero-order valence-electron chi connectivity index (χ0n) is 46.8. The van der Waals surface area contributed by atoms with Crippen LogP contribution in [0.15, 0.2) is 121 Å². The van der Waals surface area contributed by atoms with E-state index in [2.05, 4.69) is 48.3 Å². The highest BCUT2D eigenvalue weighted by Crippen LogP contribution is 2.44. The number of hydrogen-bond acceptors (Lipinski definition) is 6. The monoisotopic (exact) mass is 1090 g/mol. The van der Waals surface area contributed by atoms with Crippen molar-refractivity contribution in [1.29, 1.82) is 0 Å². The smallest absolute Gasteiger partial charge is 0.432 e. The normalized spacial score (nSPS) is 14.7. The quantitative estimate of drug-likeness (QED) is 0.0216. The highest BCUT2D eigenvalue weighted by Gasteiger charge is 2.65. The Morgan fingerprint density at radius 2 is 0.615 bits per heavy atom. The van der Waals surface area contributed by atoms with E-state index in [1.54, 1.807) is 24.3 Å². The lowest BCUT2D eigenvalue weighted by Gasteiger charge is -2.32. The van der Waals surface area contributed by atoms with Crippen molar-refractivity contribution >= 4 is 11.9 Å². The molecular weight excluding hydrogens is 1000 g/mol. The molecule has 4 atom stereocenters. The lowest BCUT2D eigenvalue weighted by Crippen LogP contribution is -2.52. The number of hydrogen-bond donors (Lipinski definition) is 0. The van der Waals surface area contributed by atoms with Crippen molar-refractivity contribution in [3.63, 3.8) is 0 Å². The molecule has 0 fully saturated rings. The average Bonchev–Trinajstić information content (AvgIpc) is 3.55. The van der Waals surface area contributed by atoms with Crippen LogP contribution in [0.3, 0.4) is 0 Å². The second-order valence-corrected chi connectivity index (χ2v) is 19.8. The predicted octanol–water partition coefficient (Wildman–Crippen LogP) is 18.8. The molecule has 0 spiro atoms. The second-order valence-electron chi connectivity index (χ2n) is 19.8. The molecule has 0 saturated carbocycles. The molecule has 0 aromatic heterocycles. The number of rotatable bonds is 44. The molecule has 78 heavy (non-hydrogen) atoms. The van der Waals surface area contributed by atoms with Gasteiger partial charge in [-0.25, -0.2) is 9.59 Å². The van der Waals surface area contributed by atoms with Crippen LogP contribution in [-0.4, -0.2) is 50.7 Å². The van der Waals surface area contributed by atoms with Gasteiger partial charge in [0.25, 0.3) is 11.2 Å². The van der Waals surface area contributed by atoms with Crippen LogP contribution in [0, 0.1) is 24.7 Å². The third-order valence-electron chi connectivity index (χ3n) is 13.7. The number of allylic oxidation sites excluding steroid dienone is 8. The van der Waals surface area contributed by atoms with Gasteiger partial charge < -0.3 is 18.9 Å². The summed E-state index contributed by atoms with van der Waals surface area (Å²) in [6.45, 7) is 0. The van der Waals surface area contributed by atoms with Gasteiger partial charge in [0.05, 0.1) is 0 Å². The Morgan fingerprint density at radius 3 is 0.833 bits per heavy atom. The van der Waals surface area contributed by atoms with E-state index in [9.17, 15) is 35.9 Å². The van der Waals surface area contributed by atoms with Crippen LogP contribution in [0.1, 0.15) is 204 Å². The molecule has 2 aromatic rings. The first-order valence-corrected chi connectivity index (χ1v) is 28.7. The summed E-state index contributed by atoms with van der Waals surface area (Å²) in [7, 11) is 1.65. The van der Waals surface area contributed by atoms with Gasteiger partial charge in [0.2, 0.25) is 0 Å². The van der Waals surface area contributed by atoms with E-state index in [4.69, 9.17) is 31.8 Å². The van der Waals surface area contributed by atoms with Crippen molar-refractivity contribution in [2.45, 2.75) is 228 Å². The van der Waals surface area contributed by atoms with Gasteiger partial charge in [-0.05, 0) is 115 Å². The third-order valence-corrected chi connectivity index (χ3v) is 13.7. The topological polar surface area (TPSA) is 71.1 Å². The minimum Gasteiger partial charge on any atom is -0.442 e. The van der Waals surface area contributed by atoms with E-state index in [1.165, 1.54) is 176 Å². The molecule has 0 saturated heterocycles. The van der Waals surface area contributed by atoms with E-state index in [1.807, 2.05) is 0 Å². The standard InChI is InChI=1S/C66H90F6O6/c1-5-59(77-61(73)63(75-3,65(67,68)69)57-51-45-43-46-52-57)55-49-41-39-37-35-33-31-29-27-25-23-21-19-17-15-13-11-9-7-8-10-12-14-16-18-20-22-24-26-28-30-32-34-36-38-40-42-50-56-60(6-2)78-62(74)64(76-4,66(70,71)72)58-53-47-44-48-54-58/h1-2,7-8,29-32,43-56,59-60H,9-28,33-42H2,3-4H3/b8-7-,31-29-,32-30-,55-49+,56-50+/t59-,60-,63+,64+/m1/s1. The summed E-state index contributed by atoms with van der Waals surface area (Å²) < 4.78 is 105. The summed E-state index contributed by atoms with van der Waals surface area (Å²) in [5.74, 6) is 1.27. The highest BCUT2D eigenvalue weighted by molar-refractivity contribution is 5.84. The minimum atomic E-state index is -5.06. The fourth-order valence-electron chi connectivity index (χ4n) is 9.15. The van der Waals surface area contributed by atoms with Gasteiger partial charge >= 0.3 is 24.3 Å². The van der Waals surface area contributed by atoms with Crippen LogP contribution in [0.5, 0.6) is 0 Å². The van der Waals surface area contributed by atoms with Crippen LogP contribution < -0.4 is 0 Å². The maximum Gasteiger partial charge on any atom is 0.432 e. The van der Waals surface area contributed by atoms with Gasteiger partial charge in [0.1, 0.15) is 0 Å².